The van der Waals surface area contributed by atoms with Crippen molar-refractivity contribution in [1.82, 2.24) is 10.2 Å². The SMILES string of the molecule is O=C(CCCCCN1C(=O)/C(=C/c2ccco2)SC1=S)N[C@H]1C=CS(=O)(=O)C1. The Morgan fingerprint density at radius 3 is 2.89 bits per heavy atom. The molecule has 0 aromatic carbocycles. The zero-order valence-corrected chi connectivity index (χ0v) is 17.4. The maximum absolute atomic E-state index is 12.4. The molecule has 1 N–H and O–H groups in total. The van der Waals surface area contributed by atoms with Crippen LogP contribution in [0, 0.1) is 0 Å². The first-order valence-corrected chi connectivity index (χ1v) is 11.8. The van der Waals surface area contributed by atoms with Gasteiger partial charge in [0.15, 0.2) is 9.84 Å². The van der Waals surface area contributed by atoms with Crippen LogP contribution in [0.2, 0.25) is 0 Å². The monoisotopic (exact) mass is 440 g/mol. The second-order valence-corrected chi connectivity index (χ2v) is 10.1. The van der Waals surface area contributed by atoms with Gasteiger partial charge in [-0.3, -0.25) is 14.5 Å². The van der Waals surface area contributed by atoms with Crippen LogP contribution in [0.4, 0.5) is 0 Å². The third kappa shape index (κ3) is 5.55. The second kappa shape index (κ2) is 9.06. The van der Waals surface area contributed by atoms with Crippen LogP contribution in [0.3, 0.4) is 0 Å². The number of unbranched alkanes of at least 4 members (excludes halogenated alkanes) is 2. The zero-order chi connectivity index (χ0) is 20.1. The molecule has 2 aliphatic heterocycles. The van der Waals surface area contributed by atoms with E-state index in [0.29, 0.717) is 34.4 Å². The first kappa shape index (κ1) is 20.8. The maximum Gasteiger partial charge on any atom is 0.266 e. The molecule has 0 spiro atoms. The number of nitrogens with one attached hydrogen (secondary N) is 1. The Balaban J connectivity index is 1.36. The van der Waals surface area contributed by atoms with Crippen molar-refractivity contribution in [2.45, 2.75) is 31.7 Å². The molecular weight excluding hydrogens is 420 g/mol. The van der Waals surface area contributed by atoms with E-state index in [2.05, 4.69) is 5.32 Å². The number of hydrogen-bond donors (Lipinski definition) is 1. The van der Waals surface area contributed by atoms with Gasteiger partial charge in [0, 0.05) is 24.4 Å². The first-order valence-electron chi connectivity index (χ1n) is 8.83. The van der Waals surface area contributed by atoms with Crippen molar-refractivity contribution >= 4 is 56.0 Å². The predicted octanol–water partition coefficient (Wildman–Crippen LogP) is 2.47. The van der Waals surface area contributed by atoms with E-state index >= 15 is 0 Å². The third-order valence-corrected chi connectivity index (χ3v) is 7.03. The summed E-state index contributed by atoms with van der Waals surface area (Å²) in [6, 6.07) is 3.09. The molecule has 1 aromatic rings. The van der Waals surface area contributed by atoms with Crippen molar-refractivity contribution in [3.05, 3.63) is 40.5 Å². The fourth-order valence-electron chi connectivity index (χ4n) is 2.87. The zero-order valence-electron chi connectivity index (χ0n) is 15.0. The fraction of sp³-hybridized carbons (Fsp3) is 0.389. The van der Waals surface area contributed by atoms with Gasteiger partial charge in [0.25, 0.3) is 5.91 Å². The second-order valence-electron chi connectivity index (χ2n) is 6.49. The summed E-state index contributed by atoms with van der Waals surface area (Å²) in [4.78, 5) is 26.4. The molecule has 10 heteroatoms. The van der Waals surface area contributed by atoms with Crippen molar-refractivity contribution in [1.29, 1.82) is 0 Å². The van der Waals surface area contributed by atoms with E-state index in [1.54, 1.807) is 29.4 Å². The van der Waals surface area contributed by atoms with E-state index in [0.717, 1.165) is 18.2 Å². The van der Waals surface area contributed by atoms with E-state index in [1.807, 2.05) is 0 Å². The van der Waals surface area contributed by atoms with Gasteiger partial charge in [0.2, 0.25) is 5.91 Å². The number of thioether (sulfide) groups is 1. The Kier molecular flexibility index (Phi) is 6.73. The smallest absolute Gasteiger partial charge is 0.266 e. The Morgan fingerprint density at radius 2 is 2.21 bits per heavy atom. The number of rotatable bonds is 8. The van der Waals surface area contributed by atoms with Gasteiger partial charge in [-0.15, -0.1) is 0 Å². The minimum atomic E-state index is -3.17. The molecule has 1 fully saturated rings. The fourth-order valence-corrected chi connectivity index (χ4v) is 5.40. The van der Waals surface area contributed by atoms with Crippen LogP contribution < -0.4 is 5.32 Å². The molecule has 150 valence electrons. The summed E-state index contributed by atoms with van der Waals surface area (Å²) in [5, 5.41) is 3.84. The van der Waals surface area contributed by atoms with Gasteiger partial charge in [-0.2, -0.15) is 0 Å². The maximum atomic E-state index is 12.4. The van der Waals surface area contributed by atoms with Gasteiger partial charge in [-0.1, -0.05) is 30.4 Å². The molecule has 1 atom stereocenters. The number of furan rings is 1. The topological polar surface area (TPSA) is 96.7 Å². The molecule has 0 aliphatic carbocycles. The van der Waals surface area contributed by atoms with Crippen LogP contribution >= 0.6 is 24.0 Å². The lowest BCUT2D eigenvalue weighted by molar-refractivity contribution is -0.123. The van der Waals surface area contributed by atoms with Gasteiger partial charge in [0.1, 0.15) is 10.1 Å². The lowest BCUT2D eigenvalue weighted by Crippen LogP contribution is -2.35. The van der Waals surface area contributed by atoms with Crippen LogP contribution in [0.5, 0.6) is 0 Å². The Hall–Kier alpha value is -1.91. The van der Waals surface area contributed by atoms with E-state index in [4.69, 9.17) is 16.6 Å². The number of sulfone groups is 1. The Morgan fingerprint density at radius 1 is 1.39 bits per heavy atom. The molecule has 2 aliphatic rings. The molecule has 3 rings (SSSR count). The summed E-state index contributed by atoms with van der Waals surface area (Å²) < 4.78 is 28.4. The van der Waals surface area contributed by atoms with Gasteiger partial charge in [-0.05, 0) is 31.1 Å². The largest absolute Gasteiger partial charge is 0.465 e. The van der Waals surface area contributed by atoms with Gasteiger partial charge in [-0.25, -0.2) is 8.42 Å². The molecule has 0 saturated carbocycles. The average molecular weight is 441 g/mol. The van der Waals surface area contributed by atoms with Crippen LogP contribution in [-0.2, 0) is 19.4 Å². The highest BCUT2D eigenvalue weighted by molar-refractivity contribution is 8.26. The molecular formula is C18H20N2O5S3. The van der Waals surface area contributed by atoms with Crippen LogP contribution in [0.1, 0.15) is 31.4 Å². The molecule has 3 heterocycles. The van der Waals surface area contributed by atoms with Crippen molar-refractivity contribution < 1.29 is 22.4 Å². The summed E-state index contributed by atoms with van der Waals surface area (Å²) in [7, 11) is -3.17. The van der Waals surface area contributed by atoms with Crippen molar-refractivity contribution in [3.8, 4) is 0 Å². The van der Waals surface area contributed by atoms with Gasteiger partial charge in [0.05, 0.1) is 23.0 Å². The number of nitrogens with zero attached hydrogens (tertiary/aromatic N) is 1. The predicted molar refractivity (Wildman–Crippen MR) is 112 cm³/mol. The number of amides is 2. The summed E-state index contributed by atoms with van der Waals surface area (Å²) in [6.45, 7) is 0.505. The summed E-state index contributed by atoms with van der Waals surface area (Å²) in [5.74, 6) is 0.243. The quantitative estimate of drug-likeness (QED) is 0.377. The first-order chi connectivity index (χ1) is 13.3. The van der Waals surface area contributed by atoms with Gasteiger partial charge >= 0.3 is 0 Å². The highest BCUT2D eigenvalue weighted by atomic mass is 32.2. The lowest BCUT2D eigenvalue weighted by atomic mass is 10.1. The number of thiocarbonyl (C=S) groups is 1. The minimum Gasteiger partial charge on any atom is -0.465 e. The molecule has 1 aromatic heterocycles. The van der Waals surface area contributed by atoms with E-state index in [-0.39, 0.29) is 17.6 Å². The highest BCUT2D eigenvalue weighted by Crippen LogP contribution is 2.32. The van der Waals surface area contributed by atoms with Crippen molar-refractivity contribution in [2.75, 3.05) is 12.3 Å². The van der Waals surface area contributed by atoms with Crippen LogP contribution in [-0.4, -0.2) is 47.8 Å². The standard InChI is InChI=1S/C18H20N2O5S3/c21-16(19-13-7-10-28(23,24)12-13)6-2-1-3-8-20-17(22)15(27-18(20)26)11-14-5-4-9-25-14/h4-5,7,9-11,13H,1-3,6,8,12H2,(H,19,21)/b15-11-/t13-/m0/s1. The average Bonchev–Trinajstić information content (AvgIpc) is 3.31. The Bertz CT molecular complexity index is 919. The molecule has 0 unspecified atom stereocenters. The van der Waals surface area contributed by atoms with Crippen LogP contribution in [0.25, 0.3) is 6.08 Å². The normalized spacial score (nSPS) is 22.4. The van der Waals surface area contributed by atoms with Crippen molar-refractivity contribution in [3.63, 3.8) is 0 Å². The number of carbonyl (C=O) groups excluding carboxylic acids is 2. The summed E-state index contributed by atoms with van der Waals surface area (Å²) in [6.07, 6.45) is 7.20. The molecule has 0 radical (unpaired) electrons. The highest BCUT2D eigenvalue weighted by Gasteiger charge is 2.31. The molecule has 1 saturated heterocycles. The number of carbonyl (C=O) groups is 2. The third-order valence-electron chi connectivity index (χ3n) is 4.25. The minimum absolute atomic E-state index is 0.0707. The molecule has 7 nitrogen and oxygen atoms in total. The van der Waals surface area contributed by atoms with Crippen molar-refractivity contribution in [2.24, 2.45) is 0 Å². The lowest BCUT2D eigenvalue weighted by Gasteiger charge is -2.14. The van der Waals surface area contributed by atoms with Gasteiger partial charge < -0.3 is 9.73 Å². The number of hydrogen-bond acceptors (Lipinski definition) is 7. The van der Waals surface area contributed by atoms with E-state index in [9.17, 15) is 18.0 Å². The summed E-state index contributed by atoms with van der Waals surface area (Å²) >= 11 is 6.54. The van der Waals surface area contributed by atoms with E-state index < -0.39 is 15.9 Å². The van der Waals surface area contributed by atoms with E-state index in [1.165, 1.54) is 17.8 Å². The molecule has 28 heavy (non-hydrogen) atoms. The molecule has 0 bridgehead atoms. The Labute approximate surface area is 173 Å². The summed E-state index contributed by atoms with van der Waals surface area (Å²) in [5.41, 5.74) is 0. The molecule has 2 amide bonds. The van der Waals surface area contributed by atoms with Crippen LogP contribution in [0.15, 0.2) is 39.2 Å².